The van der Waals surface area contributed by atoms with Crippen molar-refractivity contribution in [1.29, 1.82) is 0 Å². The zero-order valence-electron chi connectivity index (χ0n) is 67.1. The zero-order valence-corrected chi connectivity index (χ0v) is 70.2. The van der Waals surface area contributed by atoms with Crippen LogP contribution in [0.5, 0.6) is 28.7 Å². The Labute approximate surface area is 708 Å². The van der Waals surface area contributed by atoms with E-state index in [0.717, 1.165) is 59.4 Å². The normalized spacial score (nSPS) is 17.2. The van der Waals surface area contributed by atoms with Gasteiger partial charge in [-0.05, 0) is 104 Å². The number of carbonyl (C=O) groups is 8. The first-order valence-corrected chi connectivity index (χ1v) is 39.6. The van der Waals surface area contributed by atoms with Crippen molar-refractivity contribution in [2.75, 3.05) is 95.0 Å². The number of nitrogens with zero attached hydrogens (tertiary/aromatic N) is 12. The van der Waals surface area contributed by atoms with Crippen molar-refractivity contribution in [1.82, 2.24) is 45.9 Å². The molecule has 6 N–H and O–H groups in total. The van der Waals surface area contributed by atoms with Gasteiger partial charge in [0, 0.05) is 116 Å². The summed E-state index contributed by atoms with van der Waals surface area (Å²) < 4.78 is 26.8. The molecule has 9 amide bonds. The highest BCUT2D eigenvalue weighted by Gasteiger charge is 2.41. The lowest BCUT2D eigenvalue weighted by Gasteiger charge is -2.37. The molecule has 0 saturated heterocycles. The van der Waals surface area contributed by atoms with Crippen LogP contribution in [0.1, 0.15) is 98.6 Å². The van der Waals surface area contributed by atoms with Gasteiger partial charge in [0.2, 0.25) is 35.6 Å². The third-order valence-corrected chi connectivity index (χ3v) is 22.3. The van der Waals surface area contributed by atoms with Crippen LogP contribution >= 0.6 is 46.4 Å². The summed E-state index contributed by atoms with van der Waals surface area (Å²) in [6.45, 7) is 14.8. The predicted molar refractivity (Wildman–Crippen MR) is 459 cm³/mol. The highest BCUT2D eigenvalue weighted by atomic mass is 35.5. The maximum atomic E-state index is 14.5. The molecule has 2 fully saturated rings. The molecule has 0 spiro atoms. The number of ketones is 2. The molecule has 6 heterocycles. The molecule has 31 nitrogen and oxygen atoms in total. The van der Waals surface area contributed by atoms with Gasteiger partial charge in [-0.2, -0.15) is 15.0 Å². The van der Waals surface area contributed by atoms with Crippen molar-refractivity contribution >= 4 is 152 Å². The number of anilines is 10. The number of halogens is 4. The van der Waals surface area contributed by atoms with Gasteiger partial charge in [0.25, 0.3) is 0 Å². The second-order valence-electron chi connectivity index (χ2n) is 28.3. The van der Waals surface area contributed by atoms with E-state index in [2.05, 4.69) is 76.6 Å². The molecule has 2 aliphatic carbocycles. The molecule has 3 aromatic heterocycles. The molecule has 5 atom stereocenters. The van der Waals surface area contributed by atoms with Gasteiger partial charge in [0.05, 0.1) is 79.1 Å². The van der Waals surface area contributed by atoms with Crippen LogP contribution < -0.4 is 85.0 Å². The molecule has 0 unspecified atom stereocenters. The number of amides is 9. The number of hydrogen-bond acceptors (Lipinski definition) is 22. The Bertz CT molecular complexity index is 5140. The summed E-state index contributed by atoms with van der Waals surface area (Å²) in [5.41, 5.74) is 6.48. The molecule has 119 heavy (non-hydrogen) atoms. The zero-order chi connectivity index (χ0) is 85.5. The van der Waals surface area contributed by atoms with Gasteiger partial charge in [-0.1, -0.05) is 128 Å². The van der Waals surface area contributed by atoms with Gasteiger partial charge in [0.1, 0.15) is 77.9 Å². The van der Waals surface area contributed by atoms with Gasteiger partial charge in [-0.3, -0.25) is 53.4 Å². The van der Waals surface area contributed by atoms with Gasteiger partial charge < -0.3 is 55.6 Å². The molecule has 13 rings (SSSR count). The predicted octanol–water partition coefficient (Wildman–Crippen LogP) is 14.3. The number of para-hydroxylation sites is 1. The van der Waals surface area contributed by atoms with E-state index in [-0.39, 0.29) is 140 Å². The topological polar surface area (TPSA) is 352 Å². The van der Waals surface area contributed by atoms with Crippen LogP contribution in [0.3, 0.4) is 0 Å². The molecule has 3 aliphatic heterocycles. The Morgan fingerprint density at radius 3 is 1.54 bits per heavy atom. The van der Waals surface area contributed by atoms with Gasteiger partial charge in [-0.15, -0.1) is 0 Å². The van der Waals surface area contributed by atoms with Crippen molar-refractivity contribution in [2.45, 2.75) is 129 Å². The maximum Gasteiger partial charge on any atom is 0.330 e. The van der Waals surface area contributed by atoms with Gasteiger partial charge in [-0.25, -0.2) is 29.3 Å². The molecule has 5 aliphatic rings. The summed E-state index contributed by atoms with van der Waals surface area (Å²) in [7, 11) is 10.7. The fourth-order valence-corrected chi connectivity index (χ4v) is 15.8. The van der Waals surface area contributed by atoms with Crippen LogP contribution in [0.15, 0.2) is 141 Å². The molecular weight excluding hydrogens is 1610 g/mol. The number of hydrogen-bond donors (Lipinski definition) is 6. The summed E-state index contributed by atoms with van der Waals surface area (Å²) in [5.74, 6) is 3.55. The highest BCUT2D eigenvalue weighted by Crippen LogP contribution is 2.50. The molecule has 2 saturated carbocycles. The first kappa shape index (κ1) is 87.5. The van der Waals surface area contributed by atoms with Crippen LogP contribution in [0.2, 0.25) is 20.1 Å². The Kier molecular flexibility index (Phi) is 29.2. The first-order valence-electron chi connectivity index (χ1n) is 38.1. The van der Waals surface area contributed by atoms with E-state index in [9.17, 15) is 38.4 Å². The minimum absolute atomic E-state index is 0.0150. The van der Waals surface area contributed by atoms with Crippen molar-refractivity contribution in [3.63, 3.8) is 0 Å². The van der Waals surface area contributed by atoms with E-state index < -0.39 is 12.1 Å². The number of fused-ring (bicyclic) bond motifs is 3. The quantitative estimate of drug-likeness (QED) is 0.0260. The number of nitrogens with one attached hydrogen (secondary N) is 6. The highest BCUT2D eigenvalue weighted by molar-refractivity contribution is 6.43. The number of Topliss-reactive ketones (excluding diaryl/α,β-unsaturated/α-hetero) is 2. The number of ether oxygens (including phenoxy) is 5. The molecule has 624 valence electrons. The second kappa shape index (κ2) is 39.8. The first-order chi connectivity index (χ1) is 57.2. The van der Waals surface area contributed by atoms with E-state index in [1.54, 1.807) is 63.8 Å². The fourth-order valence-electron chi connectivity index (χ4n) is 14.4. The Balaban J connectivity index is 0.000000178. The molecule has 0 radical (unpaired) electrons. The lowest BCUT2D eigenvalue weighted by molar-refractivity contribution is -0.123. The average molecular weight is 1700 g/mol. The van der Waals surface area contributed by atoms with E-state index in [0.29, 0.717) is 96.3 Å². The van der Waals surface area contributed by atoms with E-state index >= 15 is 0 Å². The number of urea groups is 3. The summed E-state index contributed by atoms with van der Waals surface area (Å²) in [4.78, 5) is 137. The van der Waals surface area contributed by atoms with Crippen LogP contribution in [0, 0.1) is 5.92 Å². The summed E-state index contributed by atoms with van der Waals surface area (Å²) in [6, 6.07) is 23.8. The average Bonchev–Trinajstić information content (AvgIpc) is 0.808. The summed E-state index contributed by atoms with van der Waals surface area (Å²) in [5, 5.41) is 19.2. The van der Waals surface area contributed by atoms with Crippen molar-refractivity contribution in [3.8, 4) is 28.7 Å². The number of rotatable bonds is 27. The minimum Gasteiger partial charge on any atom is -0.497 e. The van der Waals surface area contributed by atoms with Gasteiger partial charge in [0.15, 0.2) is 0 Å². The number of methoxy groups -OCH3 is 5. The Hall–Kier alpha value is -12.3. The molecule has 0 bridgehead atoms. The van der Waals surface area contributed by atoms with Crippen LogP contribution in [-0.4, -0.2) is 151 Å². The smallest absolute Gasteiger partial charge is 0.330 e. The van der Waals surface area contributed by atoms with E-state index in [1.807, 2.05) is 79.7 Å². The molecule has 8 aromatic rings. The molecular formula is C84H92Cl4N18O13. The van der Waals surface area contributed by atoms with Crippen molar-refractivity contribution < 1.29 is 62.0 Å². The third-order valence-electron chi connectivity index (χ3n) is 20.8. The maximum absolute atomic E-state index is 14.5. The van der Waals surface area contributed by atoms with E-state index in [1.165, 1.54) is 71.2 Å². The number of aromatic nitrogens is 6. The SMILES string of the molecule is C=CC(=O)NCc1ccccc1Nc1ncc2c(n1)N(Cc1cccc(CC(=O)CC)c1)C(=O)N(c1c(Cl)c(OC)cc(OC)c1Cl)C2.C=CC(=O)N[C@H]1CCCC[C@H]1Nc1ncc2c(n1)N(C)C(=O)N(c1ccc(OC)cc1)C2.C=CC(=O)N[C@H]1C[C@H](C(C)=O)CC[C@H]1Nc1ncc2c(n1)N(C)C(=O)N(c1c(Cl)c(OC)cc(OC)c1Cl)C2. The lowest BCUT2D eigenvalue weighted by Crippen LogP contribution is -2.51. The fraction of sp³-hybridized carbons (Fsp3) is 0.333. The summed E-state index contributed by atoms with van der Waals surface area (Å²) >= 11 is 26.7. The van der Waals surface area contributed by atoms with Crippen LogP contribution in [0.4, 0.5) is 72.4 Å². The number of carbonyl (C=O) groups excluding carboxylic acids is 8. The van der Waals surface area contributed by atoms with Crippen molar-refractivity contribution in [2.24, 2.45) is 5.92 Å². The lowest BCUT2D eigenvalue weighted by atomic mass is 9.80. The summed E-state index contributed by atoms with van der Waals surface area (Å²) in [6.07, 6.45) is 15.1. The number of benzene rings is 5. The standard InChI is InChI=1S/C35H34Cl2N6O5.C26H30Cl2N6O5.C23H28N6O3/c1-5-25(44)15-21-10-9-11-22(14-21)19-43-33-24(20-42(35(43)46)32-30(36)27(47-3)16-28(48-4)31(32)37)18-39-34(41-33)40-26-13-8-7-12-23(26)17-38-29(45)6-2;1-6-20(36)30-17-9-14(13(2)35)7-8-16(17)31-25-29-11-15-12-34(26(37)33(3)24(15)32-25)23-21(27)18(38-4)10-19(39-5)22(23)28;1-4-20(30)25-18-7-5-6-8-19(18)26-22-24-13-15-14-29(23(31)28(2)21(15)27-22)16-9-11-17(32-3)12-10-16/h6-14,16,18H,2,5,15,17,19-20H2,1,3-4H3,(H,38,45)(H,39,40,41);6,10-11,14,16-17H,1,7-9,12H2,2-5H3,(H,30,36)(H,29,31,32);4,9-13,18-19H,1,5-8,14H2,2-3H3,(H,25,30)(H,24,26,27)/t;14-,16-,17+;18-,19+/m.10/s1. The molecule has 5 aromatic carbocycles. The Morgan fingerprint density at radius 2 is 1.01 bits per heavy atom. The monoisotopic (exact) mass is 1700 g/mol. The largest absolute Gasteiger partial charge is 0.497 e. The Morgan fingerprint density at radius 1 is 0.529 bits per heavy atom. The third kappa shape index (κ3) is 20.3. The second-order valence-corrected chi connectivity index (χ2v) is 29.8. The van der Waals surface area contributed by atoms with Crippen LogP contribution in [0.25, 0.3) is 0 Å². The van der Waals surface area contributed by atoms with Gasteiger partial charge >= 0.3 is 18.1 Å². The van der Waals surface area contributed by atoms with E-state index in [4.69, 9.17) is 75.1 Å². The minimum atomic E-state index is -0.450. The van der Waals surface area contributed by atoms with Crippen LogP contribution in [-0.2, 0) is 63.1 Å². The molecule has 35 heteroatoms. The van der Waals surface area contributed by atoms with Crippen molar-refractivity contribution in [3.05, 3.63) is 195 Å².